The van der Waals surface area contributed by atoms with E-state index in [0.717, 1.165) is 22.8 Å². The number of carbonyl (C=O) groups is 1. The Labute approximate surface area is 174 Å². The molecule has 2 aromatic carbocycles. The zero-order chi connectivity index (χ0) is 20.6. The normalized spacial score (nSPS) is 11.8. The molecule has 0 aliphatic carbocycles. The molecular formula is C21H24N4O3S. The second-order valence-electron chi connectivity index (χ2n) is 6.32. The first-order valence-electron chi connectivity index (χ1n) is 9.28. The number of esters is 1. The summed E-state index contributed by atoms with van der Waals surface area (Å²) in [5.41, 5.74) is 7.71. The van der Waals surface area contributed by atoms with Gasteiger partial charge in [0, 0.05) is 12.1 Å². The van der Waals surface area contributed by atoms with E-state index >= 15 is 0 Å². The van der Waals surface area contributed by atoms with Gasteiger partial charge in [0.15, 0.2) is 5.16 Å². The predicted molar refractivity (Wildman–Crippen MR) is 112 cm³/mol. The van der Waals surface area contributed by atoms with Crippen molar-refractivity contribution in [1.82, 2.24) is 14.8 Å². The van der Waals surface area contributed by atoms with Gasteiger partial charge in [0.25, 0.3) is 0 Å². The van der Waals surface area contributed by atoms with Crippen LogP contribution in [0.2, 0.25) is 0 Å². The largest absolute Gasteiger partial charge is 0.489 e. The van der Waals surface area contributed by atoms with E-state index in [-0.39, 0.29) is 5.97 Å². The third-order valence-corrected chi connectivity index (χ3v) is 5.25. The molecule has 7 nitrogen and oxygen atoms in total. The van der Waals surface area contributed by atoms with Crippen LogP contribution in [-0.4, -0.2) is 39.6 Å². The summed E-state index contributed by atoms with van der Waals surface area (Å²) in [6, 6.07) is 17.7. The van der Waals surface area contributed by atoms with E-state index in [9.17, 15) is 4.79 Å². The van der Waals surface area contributed by atoms with E-state index in [2.05, 4.69) is 10.2 Å². The van der Waals surface area contributed by atoms with Crippen LogP contribution >= 0.6 is 11.8 Å². The lowest BCUT2D eigenvalue weighted by molar-refractivity contribution is -0.139. The van der Waals surface area contributed by atoms with Gasteiger partial charge in [0.2, 0.25) is 0 Å². The van der Waals surface area contributed by atoms with E-state index in [1.165, 1.54) is 18.9 Å². The molecule has 0 saturated heterocycles. The molecule has 152 valence electrons. The number of hydrogen-bond acceptors (Lipinski definition) is 7. The molecule has 0 fully saturated rings. The Balaban J connectivity index is 1.79. The van der Waals surface area contributed by atoms with Crippen LogP contribution in [-0.2, 0) is 22.6 Å². The molecule has 1 atom stereocenters. The molecule has 3 rings (SSSR count). The van der Waals surface area contributed by atoms with Gasteiger partial charge in [0.05, 0.1) is 7.11 Å². The number of hydrogen-bond donors (Lipinski definition) is 1. The molecule has 3 aromatic rings. The van der Waals surface area contributed by atoms with Gasteiger partial charge >= 0.3 is 5.97 Å². The lowest BCUT2D eigenvalue weighted by atomic mass is 10.2. The highest BCUT2D eigenvalue weighted by molar-refractivity contribution is 8.00. The number of benzene rings is 2. The molecule has 1 aromatic heterocycles. The van der Waals surface area contributed by atoms with Crippen molar-refractivity contribution >= 4 is 17.7 Å². The van der Waals surface area contributed by atoms with Crippen molar-refractivity contribution in [3.8, 4) is 11.4 Å². The van der Waals surface area contributed by atoms with Crippen molar-refractivity contribution in [2.24, 2.45) is 5.73 Å². The summed E-state index contributed by atoms with van der Waals surface area (Å²) in [6.07, 6.45) is 0.576. The van der Waals surface area contributed by atoms with Crippen LogP contribution in [0.5, 0.6) is 5.75 Å². The predicted octanol–water partition coefficient (Wildman–Crippen LogP) is 3.00. The standard InChI is InChI=1S/C21H24N4O3S/c1-15(20(26)27-2)29-21-24-23-19(12-13-22)25(21)17-8-10-18(11-9-17)28-14-16-6-4-3-5-7-16/h3-11,15H,12-14,22H2,1-2H3. The van der Waals surface area contributed by atoms with Gasteiger partial charge in [-0.3, -0.25) is 9.36 Å². The number of aromatic nitrogens is 3. The molecule has 0 bridgehead atoms. The van der Waals surface area contributed by atoms with Gasteiger partial charge in [-0.2, -0.15) is 0 Å². The van der Waals surface area contributed by atoms with Crippen LogP contribution in [0.1, 0.15) is 18.3 Å². The summed E-state index contributed by atoms with van der Waals surface area (Å²) >= 11 is 1.30. The summed E-state index contributed by atoms with van der Waals surface area (Å²) in [7, 11) is 1.37. The first-order chi connectivity index (χ1) is 14.1. The van der Waals surface area contributed by atoms with Gasteiger partial charge in [-0.05, 0) is 43.3 Å². The average molecular weight is 413 g/mol. The SMILES string of the molecule is COC(=O)C(C)Sc1nnc(CCN)n1-c1ccc(OCc2ccccc2)cc1. The van der Waals surface area contributed by atoms with Crippen molar-refractivity contribution in [2.45, 2.75) is 30.4 Å². The number of rotatable bonds is 9. The fraction of sp³-hybridized carbons (Fsp3) is 0.286. The smallest absolute Gasteiger partial charge is 0.318 e. The van der Waals surface area contributed by atoms with Crippen molar-refractivity contribution < 1.29 is 14.3 Å². The molecule has 0 spiro atoms. The topological polar surface area (TPSA) is 92.3 Å². The van der Waals surface area contributed by atoms with Crippen molar-refractivity contribution in [3.63, 3.8) is 0 Å². The van der Waals surface area contributed by atoms with Gasteiger partial charge in [-0.1, -0.05) is 42.1 Å². The van der Waals surface area contributed by atoms with E-state index in [4.69, 9.17) is 15.2 Å². The van der Waals surface area contributed by atoms with Crippen LogP contribution in [0.4, 0.5) is 0 Å². The van der Waals surface area contributed by atoms with Gasteiger partial charge in [-0.25, -0.2) is 0 Å². The van der Waals surface area contributed by atoms with Crippen LogP contribution < -0.4 is 10.5 Å². The summed E-state index contributed by atoms with van der Waals surface area (Å²) in [5.74, 6) is 1.20. The maximum Gasteiger partial charge on any atom is 0.318 e. The molecule has 8 heteroatoms. The number of nitrogens with zero attached hydrogens (tertiary/aromatic N) is 3. The van der Waals surface area contributed by atoms with Gasteiger partial charge in [0.1, 0.15) is 23.4 Å². The molecule has 1 unspecified atom stereocenters. The monoisotopic (exact) mass is 412 g/mol. The highest BCUT2D eigenvalue weighted by Gasteiger charge is 2.21. The Morgan fingerprint density at radius 1 is 1.14 bits per heavy atom. The number of ether oxygens (including phenoxy) is 2. The summed E-state index contributed by atoms with van der Waals surface area (Å²) in [5, 5.41) is 8.71. The number of nitrogens with two attached hydrogens (primary N) is 1. The first-order valence-corrected chi connectivity index (χ1v) is 10.2. The summed E-state index contributed by atoms with van der Waals surface area (Å²) in [6.45, 7) is 2.73. The molecule has 1 heterocycles. The Morgan fingerprint density at radius 2 is 1.86 bits per heavy atom. The molecule has 0 saturated carbocycles. The van der Waals surface area contributed by atoms with Gasteiger partial charge < -0.3 is 15.2 Å². The summed E-state index contributed by atoms with van der Waals surface area (Å²) in [4.78, 5) is 11.8. The molecule has 29 heavy (non-hydrogen) atoms. The number of methoxy groups -OCH3 is 1. The number of carbonyl (C=O) groups excluding carboxylic acids is 1. The van der Waals surface area contributed by atoms with E-state index in [1.54, 1.807) is 6.92 Å². The van der Waals surface area contributed by atoms with E-state index < -0.39 is 5.25 Å². The van der Waals surface area contributed by atoms with Crippen molar-refractivity contribution in [1.29, 1.82) is 0 Å². The lowest BCUT2D eigenvalue weighted by Crippen LogP contribution is -2.16. The Hall–Kier alpha value is -2.84. The van der Waals surface area contributed by atoms with Crippen LogP contribution in [0.15, 0.2) is 59.8 Å². The summed E-state index contributed by atoms with van der Waals surface area (Å²) < 4.78 is 12.6. The van der Waals surface area contributed by atoms with Crippen LogP contribution in [0, 0.1) is 0 Å². The highest BCUT2D eigenvalue weighted by atomic mass is 32.2. The van der Waals surface area contributed by atoms with Crippen LogP contribution in [0.25, 0.3) is 5.69 Å². The van der Waals surface area contributed by atoms with E-state index in [1.807, 2.05) is 59.2 Å². The minimum Gasteiger partial charge on any atom is -0.489 e. The minimum atomic E-state index is -0.401. The number of thioether (sulfide) groups is 1. The minimum absolute atomic E-state index is 0.311. The fourth-order valence-electron chi connectivity index (χ4n) is 2.73. The molecule has 0 amide bonds. The molecule has 2 N–H and O–H groups in total. The molecule has 0 aliphatic heterocycles. The molecule has 0 radical (unpaired) electrons. The molecule has 0 aliphatic rings. The second-order valence-corrected chi connectivity index (χ2v) is 7.63. The quantitative estimate of drug-likeness (QED) is 0.427. The zero-order valence-corrected chi connectivity index (χ0v) is 17.3. The van der Waals surface area contributed by atoms with E-state index in [0.29, 0.717) is 24.7 Å². The third kappa shape index (κ3) is 5.36. The Kier molecular flexibility index (Phi) is 7.26. The van der Waals surface area contributed by atoms with Crippen molar-refractivity contribution in [2.75, 3.05) is 13.7 Å². The van der Waals surface area contributed by atoms with Gasteiger partial charge in [-0.15, -0.1) is 10.2 Å². The lowest BCUT2D eigenvalue weighted by Gasteiger charge is -2.13. The fourth-order valence-corrected chi connectivity index (χ4v) is 3.64. The average Bonchev–Trinajstić information content (AvgIpc) is 3.15. The highest BCUT2D eigenvalue weighted by Crippen LogP contribution is 2.27. The third-order valence-electron chi connectivity index (χ3n) is 4.23. The molecular weight excluding hydrogens is 388 g/mol. The second kappa shape index (κ2) is 10.1. The van der Waals surface area contributed by atoms with Crippen molar-refractivity contribution in [3.05, 3.63) is 66.0 Å². The Morgan fingerprint density at radius 3 is 2.52 bits per heavy atom. The maximum absolute atomic E-state index is 11.8. The first kappa shape index (κ1) is 20.9. The zero-order valence-electron chi connectivity index (χ0n) is 16.4. The maximum atomic E-state index is 11.8. The Bertz CT molecular complexity index is 929. The van der Waals surface area contributed by atoms with Crippen LogP contribution in [0.3, 0.4) is 0 Å².